The fraction of sp³-hybridized carbons (Fsp3) is 0.435. The van der Waals surface area contributed by atoms with Gasteiger partial charge in [-0.25, -0.2) is 8.42 Å². The van der Waals surface area contributed by atoms with Crippen LogP contribution in [0.1, 0.15) is 24.2 Å². The summed E-state index contributed by atoms with van der Waals surface area (Å²) < 4.78 is 39.8. The molecule has 180 valence electrons. The number of carbonyl (C=O) groups excluding carboxylic acids is 1. The molecule has 2 aromatic carbocycles. The number of carbonyl (C=O) groups is 1. The molecule has 0 fully saturated rings. The van der Waals surface area contributed by atoms with Crippen LogP contribution in [0.5, 0.6) is 5.75 Å². The minimum Gasteiger partial charge on any atom is -0.491 e. The van der Waals surface area contributed by atoms with Gasteiger partial charge in [0.2, 0.25) is 0 Å². The molecule has 0 saturated heterocycles. The molecule has 0 bridgehead atoms. The predicted octanol–water partition coefficient (Wildman–Crippen LogP) is 3.23. The summed E-state index contributed by atoms with van der Waals surface area (Å²) in [7, 11) is -0.573. The van der Waals surface area contributed by atoms with Crippen molar-refractivity contribution in [2.45, 2.75) is 30.9 Å². The fourth-order valence-corrected chi connectivity index (χ4v) is 5.16. The monoisotopic (exact) mass is 495 g/mol. The van der Waals surface area contributed by atoms with Crippen molar-refractivity contribution < 1.29 is 22.7 Å². The Hall–Kier alpha value is -2.33. The Bertz CT molecular complexity index is 1100. The first kappa shape index (κ1) is 25.3. The van der Waals surface area contributed by atoms with Crippen molar-refractivity contribution in [2.75, 3.05) is 38.6 Å². The topological polar surface area (TPSA) is 97.0 Å². The number of nitrogens with zero attached hydrogens (tertiary/aromatic N) is 1. The smallest absolute Gasteiger partial charge is 0.263 e. The third-order valence-electron chi connectivity index (χ3n) is 5.61. The number of anilines is 1. The molecule has 8 nitrogen and oxygen atoms in total. The van der Waals surface area contributed by atoms with E-state index >= 15 is 0 Å². The molecule has 0 radical (unpaired) electrons. The second-order valence-corrected chi connectivity index (χ2v) is 10.4. The Kier molecular flexibility index (Phi) is 8.23. The zero-order chi connectivity index (χ0) is 24.2. The normalized spacial score (nSPS) is 22.5. The number of hydrogen-bond donors (Lipinski definition) is 2. The van der Waals surface area contributed by atoms with E-state index in [1.165, 1.54) is 24.3 Å². The van der Waals surface area contributed by atoms with Gasteiger partial charge >= 0.3 is 0 Å². The van der Waals surface area contributed by atoms with Gasteiger partial charge < -0.3 is 19.7 Å². The number of nitrogens with one attached hydrogen (secondary N) is 2. The molecule has 3 atom stereocenters. The van der Waals surface area contributed by atoms with Gasteiger partial charge in [0.25, 0.3) is 15.9 Å². The Morgan fingerprint density at radius 3 is 2.64 bits per heavy atom. The number of likely N-dealkylation sites (N-methyl/N-ethyl adjacent to an activating group) is 1. The van der Waals surface area contributed by atoms with Crippen molar-refractivity contribution in [1.29, 1.82) is 0 Å². The molecular formula is C23H30ClN3O5S. The van der Waals surface area contributed by atoms with Gasteiger partial charge in [0.15, 0.2) is 0 Å². The van der Waals surface area contributed by atoms with Crippen molar-refractivity contribution in [3.63, 3.8) is 0 Å². The van der Waals surface area contributed by atoms with Crippen molar-refractivity contribution in [2.24, 2.45) is 5.92 Å². The van der Waals surface area contributed by atoms with E-state index in [0.29, 0.717) is 31.0 Å². The Labute approximate surface area is 200 Å². The number of amides is 1. The third-order valence-corrected chi connectivity index (χ3v) is 7.49. The van der Waals surface area contributed by atoms with Crippen LogP contribution in [0.15, 0.2) is 47.4 Å². The average Bonchev–Trinajstić information content (AvgIpc) is 2.78. The lowest BCUT2D eigenvalue weighted by Crippen LogP contribution is -2.44. The molecule has 1 aliphatic heterocycles. The van der Waals surface area contributed by atoms with E-state index < -0.39 is 10.0 Å². The SMILES string of the molecule is CO[C@@H]1CN(C)C(=O)c2ccc(NS(=O)(=O)c3ccccc3Cl)cc2OC[C@@H](C)NC[C@@H]1C. The van der Waals surface area contributed by atoms with Crippen LogP contribution in [-0.2, 0) is 14.8 Å². The van der Waals surface area contributed by atoms with Gasteiger partial charge in [0.1, 0.15) is 17.3 Å². The summed E-state index contributed by atoms with van der Waals surface area (Å²) in [5.41, 5.74) is 0.605. The molecule has 2 aromatic rings. The summed E-state index contributed by atoms with van der Waals surface area (Å²) in [5, 5.41) is 3.53. The first-order chi connectivity index (χ1) is 15.6. The number of methoxy groups -OCH3 is 1. The Morgan fingerprint density at radius 1 is 1.21 bits per heavy atom. The maximum atomic E-state index is 13.2. The predicted molar refractivity (Wildman–Crippen MR) is 129 cm³/mol. The quantitative estimate of drug-likeness (QED) is 0.676. The van der Waals surface area contributed by atoms with Gasteiger partial charge in [0.05, 0.1) is 22.4 Å². The lowest BCUT2D eigenvalue weighted by molar-refractivity contribution is 0.0281. The molecule has 0 saturated carbocycles. The molecule has 33 heavy (non-hydrogen) atoms. The second-order valence-electron chi connectivity index (χ2n) is 8.30. The van der Waals surface area contributed by atoms with E-state index in [2.05, 4.69) is 17.0 Å². The summed E-state index contributed by atoms with van der Waals surface area (Å²) in [5.74, 6) is 0.247. The molecule has 2 N–H and O–H groups in total. The Balaban J connectivity index is 1.93. The van der Waals surface area contributed by atoms with Crippen LogP contribution in [-0.4, -0.2) is 65.2 Å². The Morgan fingerprint density at radius 2 is 1.94 bits per heavy atom. The summed E-state index contributed by atoms with van der Waals surface area (Å²) in [6.45, 7) is 5.47. The number of hydrogen-bond acceptors (Lipinski definition) is 6. The zero-order valence-corrected chi connectivity index (χ0v) is 20.7. The molecule has 3 rings (SSSR count). The van der Waals surface area contributed by atoms with Crippen LogP contribution >= 0.6 is 11.6 Å². The second kappa shape index (κ2) is 10.7. The van der Waals surface area contributed by atoms with E-state index in [1.807, 2.05) is 6.92 Å². The van der Waals surface area contributed by atoms with E-state index in [-0.39, 0.29) is 39.6 Å². The summed E-state index contributed by atoms with van der Waals surface area (Å²) in [6.07, 6.45) is -0.135. The lowest BCUT2D eigenvalue weighted by Gasteiger charge is -2.30. The first-order valence-corrected chi connectivity index (χ1v) is 12.5. The van der Waals surface area contributed by atoms with Gasteiger partial charge in [0, 0.05) is 39.4 Å². The van der Waals surface area contributed by atoms with Gasteiger partial charge in [-0.3, -0.25) is 9.52 Å². The summed E-state index contributed by atoms with van der Waals surface area (Å²) in [6, 6.07) is 10.8. The summed E-state index contributed by atoms with van der Waals surface area (Å²) >= 11 is 6.07. The van der Waals surface area contributed by atoms with Crippen molar-refractivity contribution in [3.05, 3.63) is 53.1 Å². The highest BCUT2D eigenvalue weighted by atomic mass is 35.5. The minimum atomic E-state index is -3.92. The number of halogens is 1. The number of rotatable bonds is 4. The van der Waals surface area contributed by atoms with E-state index in [1.54, 1.807) is 37.3 Å². The van der Waals surface area contributed by atoms with Crippen molar-refractivity contribution >= 4 is 33.2 Å². The molecule has 0 spiro atoms. The molecule has 0 unspecified atom stereocenters. The maximum absolute atomic E-state index is 13.2. The van der Waals surface area contributed by atoms with Gasteiger partial charge in [-0.15, -0.1) is 0 Å². The molecule has 1 amide bonds. The standard InChI is InChI=1S/C23H30ClN3O5S/c1-15-12-25-16(2)14-32-20-11-17(26-33(29,30)22-8-6-5-7-19(22)24)9-10-18(20)23(28)27(3)13-21(15)31-4/h5-11,15-16,21,25-26H,12-14H2,1-4H3/t15-,16+,21+/m0/s1. The number of benzene rings is 2. The molecule has 1 heterocycles. The molecule has 1 aliphatic rings. The molecular weight excluding hydrogens is 466 g/mol. The molecule has 0 aromatic heterocycles. The van der Waals surface area contributed by atoms with E-state index in [0.717, 1.165) is 0 Å². The lowest BCUT2D eigenvalue weighted by atomic mass is 10.0. The van der Waals surface area contributed by atoms with Crippen LogP contribution in [0.25, 0.3) is 0 Å². The molecule has 0 aliphatic carbocycles. The summed E-state index contributed by atoms with van der Waals surface area (Å²) in [4.78, 5) is 14.7. The highest BCUT2D eigenvalue weighted by molar-refractivity contribution is 7.92. The highest BCUT2D eigenvalue weighted by Gasteiger charge is 2.26. The van der Waals surface area contributed by atoms with Gasteiger partial charge in [-0.05, 0) is 37.1 Å². The van der Waals surface area contributed by atoms with Crippen molar-refractivity contribution in [1.82, 2.24) is 10.2 Å². The van der Waals surface area contributed by atoms with E-state index in [9.17, 15) is 13.2 Å². The average molecular weight is 496 g/mol. The fourth-order valence-electron chi connectivity index (χ4n) is 3.59. The van der Waals surface area contributed by atoms with E-state index in [4.69, 9.17) is 21.1 Å². The van der Waals surface area contributed by atoms with Crippen LogP contribution in [0.3, 0.4) is 0 Å². The van der Waals surface area contributed by atoms with Crippen molar-refractivity contribution in [3.8, 4) is 5.75 Å². The van der Waals surface area contributed by atoms with Crippen LogP contribution < -0.4 is 14.8 Å². The largest absolute Gasteiger partial charge is 0.491 e. The number of sulfonamides is 1. The third kappa shape index (κ3) is 6.17. The van der Waals surface area contributed by atoms with Gasteiger partial charge in [-0.1, -0.05) is 30.7 Å². The van der Waals surface area contributed by atoms with Crippen LogP contribution in [0.2, 0.25) is 5.02 Å². The number of ether oxygens (including phenoxy) is 2. The first-order valence-electron chi connectivity index (χ1n) is 10.7. The van der Waals surface area contributed by atoms with Crippen LogP contribution in [0, 0.1) is 5.92 Å². The van der Waals surface area contributed by atoms with Gasteiger partial charge in [-0.2, -0.15) is 0 Å². The minimum absolute atomic E-state index is 0.00791. The highest BCUT2D eigenvalue weighted by Crippen LogP contribution is 2.29. The number of fused-ring (bicyclic) bond motifs is 1. The maximum Gasteiger partial charge on any atom is 0.263 e. The molecule has 10 heteroatoms. The zero-order valence-electron chi connectivity index (χ0n) is 19.2. The van der Waals surface area contributed by atoms with Crippen LogP contribution in [0.4, 0.5) is 5.69 Å².